The fourth-order valence-corrected chi connectivity index (χ4v) is 2.32. The number of ether oxygens (including phenoxy) is 1. The van der Waals surface area contributed by atoms with Crippen molar-refractivity contribution >= 4 is 23.5 Å². The molecule has 1 atom stereocenters. The molecule has 0 bridgehead atoms. The van der Waals surface area contributed by atoms with Gasteiger partial charge in [0.2, 0.25) is 5.91 Å². The lowest BCUT2D eigenvalue weighted by Gasteiger charge is -2.22. The summed E-state index contributed by atoms with van der Waals surface area (Å²) in [6, 6.07) is 8.23. The van der Waals surface area contributed by atoms with E-state index in [2.05, 4.69) is 16.7 Å². The minimum atomic E-state index is -0.913. The number of nitrogens with one attached hydrogen (secondary N) is 2. The minimum absolute atomic E-state index is 0.156. The number of nitriles is 1. The molecule has 1 fully saturated rings. The van der Waals surface area contributed by atoms with E-state index in [1.165, 1.54) is 19.1 Å². The van der Waals surface area contributed by atoms with Crippen LogP contribution in [0.1, 0.15) is 37.0 Å². The van der Waals surface area contributed by atoms with Gasteiger partial charge in [0, 0.05) is 12.6 Å². The molecule has 7 heteroatoms. The van der Waals surface area contributed by atoms with Gasteiger partial charge >= 0.3 is 5.97 Å². The maximum atomic E-state index is 11.9. The molecule has 0 aromatic heterocycles. The molecular weight excluding hydrogens is 310 g/mol. The maximum Gasteiger partial charge on any atom is 0.338 e. The topological polar surface area (TPSA) is 108 Å². The van der Waals surface area contributed by atoms with E-state index in [4.69, 9.17) is 4.74 Å². The highest BCUT2D eigenvalue weighted by Crippen LogP contribution is 2.39. The number of amides is 2. The molecule has 1 saturated carbocycles. The lowest BCUT2D eigenvalue weighted by Crippen LogP contribution is -2.48. The number of hydrogen-bond acceptors (Lipinski definition) is 5. The Morgan fingerprint density at radius 3 is 2.42 bits per heavy atom. The molecule has 126 valence electrons. The van der Waals surface area contributed by atoms with Gasteiger partial charge in [-0.3, -0.25) is 9.59 Å². The quantitative estimate of drug-likeness (QED) is 0.771. The molecule has 1 aromatic carbocycles. The zero-order chi connectivity index (χ0) is 17.7. The first-order valence-electron chi connectivity index (χ1n) is 7.61. The normalized spacial score (nSPS) is 15.5. The van der Waals surface area contributed by atoms with Crippen molar-refractivity contribution in [2.75, 3.05) is 11.9 Å². The van der Waals surface area contributed by atoms with E-state index in [9.17, 15) is 19.6 Å². The van der Waals surface area contributed by atoms with Crippen LogP contribution in [0.5, 0.6) is 0 Å². The lowest BCUT2D eigenvalue weighted by molar-refractivity contribution is -0.125. The van der Waals surface area contributed by atoms with Crippen molar-refractivity contribution in [3.8, 4) is 6.07 Å². The third-order valence-electron chi connectivity index (χ3n) is 3.80. The van der Waals surface area contributed by atoms with Crippen LogP contribution in [0.3, 0.4) is 0 Å². The summed E-state index contributed by atoms with van der Waals surface area (Å²) in [5.41, 5.74) is -0.0862. The fourth-order valence-electron chi connectivity index (χ4n) is 2.32. The summed E-state index contributed by atoms with van der Waals surface area (Å²) in [6.45, 7) is 2.61. The molecule has 1 aromatic rings. The number of rotatable bonds is 6. The predicted molar refractivity (Wildman–Crippen MR) is 85.9 cm³/mol. The summed E-state index contributed by atoms with van der Waals surface area (Å²) in [7, 11) is 0. The van der Waals surface area contributed by atoms with Crippen LogP contribution in [0, 0.1) is 17.2 Å². The molecule has 0 heterocycles. The summed E-state index contributed by atoms with van der Waals surface area (Å²) >= 11 is 0. The fraction of sp³-hybridized carbons (Fsp3) is 0.412. The van der Waals surface area contributed by atoms with Gasteiger partial charge in [-0.25, -0.2) is 4.79 Å². The van der Waals surface area contributed by atoms with Crippen molar-refractivity contribution in [3.63, 3.8) is 0 Å². The van der Waals surface area contributed by atoms with E-state index < -0.39 is 24.0 Å². The zero-order valence-electron chi connectivity index (χ0n) is 13.6. The van der Waals surface area contributed by atoms with Gasteiger partial charge < -0.3 is 15.4 Å². The molecular formula is C17H19N3O4. The van der Waals surface area contributed by atoms with Crippen molar-refractivity contribution in [1.29, 1.82) is 5.26 Å². The Morgan fingerprint density at radius 2 is 1.92 bits per heavy atom. The summed E-state index contributed by atoms with van der Waals surface area (Å²) in [5.74, 6) is -1.21. The predicted octanol–water partition coefficient (Wildman–Crippen LogP) is 1.61. The summed E-state index contributed by atoms with van der Waals surface area (Å²) in [5, 5.41) is 14.4. The minimum Gasteiger partial charge on any atom is -0.452 e. The largest absolute Gasteiger partial charge is 0.452 e. The second-order valence-corrected chi connectivity index (χ2v) is 5.97. The molecule has 1 aliphatic rings. The highest BCUT2D eigenvalue weighted by molar-refractivity contribution is 5.93. The second-order valence-electron chi connectivity index (χ2n) is 5.97. The zero-order valence-corrected chi connectivity index (χ0v) is 13.6. The number of carbonyl (C=O) groups excluding carboxylic acids is 3. The number of esters is 1. The van der Waals surface area contributed by atoms with E-state index in [1.54, 1.807) is 19.1 Å². The van der Waals surface area contributed by atoms with Gasteiger partial charge in [0.25, 0.3) is 5.91 Å². The Kier molecular flexibility index (Phi) is 5.19. The maximum absolute atomic E-state index is 11.9. The van der Waals surface area contributed by atoms with Crippen molar-refractivity contribution < 1.29 is 19.1 Å². The first-order chi connectivity index (χ1) is 11.3. The standard InChI is InChI=1S/C17H19N3O4/c1-11(21)19-14-7-3-12(4-8-14)16(23)24-9-15(22)20-17(2,10-18)13-5-6-13/h3-4,7-8,13H,5-6,9H2,1-2H3,(H,19,21)(H,20,22)/t17-/m1/s1. The third kappa shape index (κ3) is 4.56. The van der Waals surface area contributed by atoms with Gasteiger partial charge in [0.1, 0.15) is 5.54 Å². The highest BCUT2D eigenvalue weighted by atomic mass is 16.5. The van der Waals surface area contributed by atoms with Crippen LogP contribution in [-0.4, -0.2) is 29.9 Å². The Bertz CT molecular complexity index is 689. The van der Waals surface area contributed by atoms with Gasteiger partial charge in [0.15, 0.2) is 6.61 Å². The van der Waals surface area contributed by atoms with E-state index in [0.29, 0.717) is 5.69 Å². The average Bonchev–Trinajstić information content (AvgIpc) is 3.38. The second kappa shape index (κ2) is 7.13. The summed E-state index contributed by atoms with van der Waals surface area (Å²) < 4.78 is 4.95. The molecule has 0 unspecified atom stereocenters. The number of benzene rings is 1. The van der Waals surface area contributed by atoms with Crippen LogP contribution in [-0.2, 0) is 14.3 Å². The molecule has 1 aliphatic carbocycles. The molecule has 0 radical (unpaired) electrons. The van der Waals surface area contributed by atoms with E-state index in [1.807, 2.05) is 0 Å². The first-order valence-corrected chi connectivity index (χ1v) is 7.61. The van der Waals surface area contributed by atoms with E-state index in [-0.39, 0.29) is 17.4 Å². The molecule has 7 nitrogen and oxygen atoms in total. The first kappa shape index (κ1) is 17.5. The lowest BCUT2D eigenvalue weighted by atomic mass is 9.98. The summed E-state index contributed by atoms with van der Waals surface area (Å²) in [4.78, 5) is 34.7. The van der Waals surface area contributed by atoms with Crippen LogP contribution in [0.2, 0.25) is 0 Å². The van der Waals surface area contributed by atoms with Crippen LogP contribution in [0.15, 0.2) is 24.3 Å². The van der Waals surface area contributed by atoms with Crippen molar-refractivity contribution in [3.05, 3.63) is 29.8 Å². The Morgan fingerprint density at radius 1 is 1.29 bits per heavy atom. The number of carbonyl (C=O) groups is 3. The molecule has 0 spiro atoms. The van der Waals surface area contributed by atoms with Gasteiger partial charge in [-0.05, 0) is 49.9 Å². The molecule has 2 N–H and O–H groups in total. The van der Waals surface area contributed by atoms with Gasteiger partial charge in [-0.15, -0.1) is 0 Å². The third-order valence-corrected chi connectivity index (χ3v) is 3.80. The number of anilines is 1. The summed E-state index contributed by atoms with van der Waals surface area (Å²) in [6.07, 6.45) is 1.82. The molecule has 24 heavy (non-hydrogen) atoms. The van der Waals surface area contributed by atoms with Gasteiger partial charge in [-0.1, -0.05) is 0 Å². The van der Waals surface area contributed by atoms with Crippen molar-refractivity contribution in [2.24, 2.45) is 5.92 Å². The Balaban J connectivity index is 1.85. The van der Waals surface area contributed by atoms with E-state index >= 15 is 0 Å². The van der Waals surface area contributed by atoms with Crippen LogP contribution in [0.4, 0.5) is 5.69 Å². The van der Waals surface area contributed by atoms with Crippen molar-refractivity contribution in [2.45, 2.75) is 32.2 Å². The van der Waals surface area contributed by atoms with Crippen LogP contribution < -0.4 is 10.6 Å². The number of hydrogen-bond donors (Lipinski definition) is 2. The highest BCUT2D eigenvalue weighted by Gasteiger charge is 2.43. The molecule has 0 aliphatic heterocycles. The van der Waals surface area contributed by atoms with Crippen LogP contribution in [0.25, 0.3) is 0 Å². The SMILES string of the molecule is CC(=O)Nc1ccc(C(=O)OCC(=O)N[C@](C)(C#N)C2CC2)cc1. The van der Waals surface area contributed by atoms with Crippen molar-refractivity contribution in [1.82, 2.24) is 5.32 Å². The van der Waals surface area contributed by atoms with Gasteiger partial charge in [-0.2, -0.15) is 5.26 Å². The molecule has 0 saturated heterocycles. The molecule has 2 rings (SSSR count). The monoisotopic (exact) mass is 329 g/mol. The Labute approximate surface area is 140 Å². The van der Waals surface area contributed by atoms with E-state index in [0.717, 1.165) is 12.8 Å². The smallest absolute Gasteiger partial charge is 0.338 e. The molecule has 2 amide bonds. The number of nitrogens with zero attached hydrogens (tertiary/aromatic N) is 1. The van der Waals surface area contributed by atoms with Gasteiger partial charge in [0.05, 0.1) is 11.6 Å². The Hall–Kier alpha value is -2.88. The average molecular weight is 329 g/mol. The van der Waals surface area contributed by atoms with Crippen LogP contribution >= 0.6 is 0 Å².